The fourth-order valence-electron chi connectivity index (χ4n) is 3.42. The largest absolute Gasteiger partial charge is 0.494 e. The minimum Gasteiger partial charge on any atom is -0.494 e. The van der Waals surface area contributed by atoms with E-state index in [0.29, 0.717) is 25.5 Å². The standard InChI is InChI=1S/C17H18FN3O3/c1-23-15-7-11-10(6-12(15)18)2-3-13(11)20-17(22)14-8-19-16-9-24-5-4-21(14)16/h6-8,13H,2-5,9H2,1H3,(H,20,22). The Morgan fingerprint density at radius 1 is 1.50 bits per heavy atom. The van der Waals surface area contributed by atoms with E-state index in [0.717, 1.165) is 29.8 Å². The van der Waals surface area contributed by atoms with E-state index in [-0.39, 0.29) is 23.5 Å². The Balaban J connectivity index is 1.57. The fraction of sp³-hybridized carbons (Fsp3) is 0.412. The summed E-state index contributed by atoms with van der Waals surface area (Å²) in [5, 5.41) is 3.04. The fourth-order valence-corrected chi connectivity index (χ4v) is 3.42. The van der Waals surface area contributed by atoms with Gasteiger partial charge < -0.3 is 19.4 Å². The molecule has 2 aliphatic rings. The van der Waals surface area contributed by atoms with E-state index >= 15 is 0 Å². The molecule has 1 aliphatic carbocycles. The molecule has 1 amide bonds. The number of amides is 1. The molecule has 1 unspecified atom stereocenters. The number of ether oxygens (including phenoxy) is 2. The van der Waals surface area contributed by atoms with Crippen LogP contribution in [0.3, 0.4) is 0 Å². The number of carbonyl (C=O) groups excluding carboxylic acids is 1. The number of halogens is 1. The van der Waals surface area contributed by atoms with Crippen molar-refractivity contribution in [3.05, 3.63) is 46.8 Å². The van der Waals surface area contributed by atoms with Gasteiger partial charge in [-0.15, -0.1) is 0 Å². The lowest BCUT2D eigenvalue weighted by Crippen LogP contribution is -2.30. The quantitative estimate of drug-likeness (QED) is 0.934. The Morgan fingerprint density at radius 3 is 3.21 bits per heavy atom. The molecule has 7 heteroatoms. The zero-order valence-corrected chi connectivity index (χ0v) is 13.3. The Morgan fingerprint density at radius 2 is 2.38 bits per heavy atom. The van der Waals surface area contributed by atoms with Crippen molar-refractivity contribution >= 4 is 5.91 Å². The predicted molar refractivity (Wildman–Crippen MR) is 83.4 cm³/mol. The number of aryl methyl sites for hydroxylation is 1. The second kappa shape index (κ2) is 5.90. The van der Waals surface area contributed by atoms with E-state index < -0.39 is 0 Å². The van der Waals surface area contributed by atoms with Crippen molar-refractivity contribution in [2.45, 2.75) is 32.0 Å². The molecule has 1 N–H and O–H groups in total. The third kappa shape index (κ3) is 2.45. The highest BCUT2D eigenvalue weighted by atomic mass is 19.1. The summed E-state index contributed by atoms with van der Waals surface area (Å²) in [6.07, 6.45) is 3.07. The Hall–Kier alpha value is -2.41. The molecule has 24 heavy (non-hydrogen) atoms. The molecule has 0 bridgehead atoms. The predicted octanol–water partition coefficient (Wildman–Crippen LogP) is 1.98. The molecule has 2 heterocycles. The normalized spacial score (nSPS) is 18.8. The van der Waals surface area contributed by atoms with Gasteiger partial charge in [0.15, 0.2) is 11.6 Å². The molecule has 4 rings (SSSR count). The van der Waals surface area contributed by atoms with E-state index in [1.54, 1.807) is 12.3 Å². The third-order valence-corrected chi connectivity index (χ3v) is 4.66. The number of hydrogen-bond donors (Lipinski definition) is 1. The van der Waals surface area contributed by atoms with Crippen molar-refractivity contribution in [2.75, 3.05) is 13.7 Å². The number of nitrogens with zero attached hydrogens (tertiary/aromatic N) is 2. The van der Waals surface area contributed by atoms with Crippen LogP contribution in [0.15, 0.2) is 18.3 Å². The number of methoxy groups -OCH3 is 1. The number of hydrogen-bond acceptors (Lipinski definition) is 4. The van der Waals surface area contributed by atoms with E-state index in [4.69, 9.17) is 9.47 Å². The van der Waals surface area contributed by atoms with E-state index in [1.165, 1.54) is 13.2 Å². The number of carbonyl (C=O) groups is 1. The highest BCUT2D eigenvalue weighted by molar-refractivity contribution is 5.93. The average Bonchev–Trinajstić information content (AvgIpc) is 3.18. The van der Waals surface area contributed by atoms with Gasteiger partial charge in [0.25, 0.3) is 5.91 Å². The molecule has 0 saturated heterocycles. The first kappa shape index (κ1) is 15.1. The maximum atomic E-state index is 13.8. The van der Waals surface area contributed by atoms with Gasteiger partial charge in [-0.25, -0.2) is 9.37 Å². The molecule has 0 saturated carbocycles. The molecule has 126 valence electrons. The van der Waals surface area contributed by atoms with Crippen LogP contribution in [0.5, 0.6) is 5.75 Å². The van der Waals surface area contributed by atoms with Crippen molar-refractivity contribution in [2.24, 2.45) is 0 Å². The molecule has 1 aromatic heterocycles. The summed E-state index contributed by atoms with van der Waals surface area (Å²) in [7, 11) is 1.44. The first-order valence-electron chi connectivity index (χ1n) is 7.96. The maximum absolute atomic E-state index is 13.8. The lowest BCUT2D eigenvalue weighted by Gasteiger charge is -2.19. The van der Waals surface area contributed by atoms with E-state index in [9.17, 15) is 9.18 Å². The summed E-state index contributed by atoms with van der Waals surface area (Å²) in [6.45, 7) is 1.63. The highest BCUT2D eigenvalue weighted by Crippen LogP contribution is 2.35. The van der Waals surface area contributed by atoms with Crippen LogP contribution in [0.4, 0.5) is 4.39 Å². The van der Waals surface area contributed by atoms with Crippen molar-refractivity contribution in [3.8, 4) is 5.75 Å². The summed E-state index contributed by atoms with van der Waals surface area (Å²) in [4.78, 5) is 16.9. The average molecular weight is 331 g/mol. The lowest BCUT2D eigenvalue weighted by molar-refractivity contribution is 0.0775. The molecule has 0 spiro atoms. The number of nitrogens with one attached hydrogen (secondary N) is 1. The van der Waals surface area contributed by atoms with Gasteiger partial charge >= 0.3 is 0 Å². The van der Waals surface area contributed by atoms with E-state index in [1.807, 2.05) is 4.57 Å². The summed E-state index contributed by atoms with van der Waals surface area (Å²) in [5.41, 5.74) is 2.38. The molecule has 6 nitrogen and oxygen atoms in total. The van der Waals surface area contributed by atoms with Gasteiger partial charge in [-0.3, -0.25) is 4.79 Å². The van der Waals surface area contributed by atoms with Crippen molar-refractivity contribution in [1.29, 1.82) is 0 Å². The van der Waals surface area contributed by atoms with Crippen molar-refractivity contribution in [3.63, 3.8) is 0 Å². The summed E-state index contributed by atoms with van der Waals surface area (Å²) >= 11 is 0. The first-order valence-corrected chi connectivity index (χ1v) is 7.96. The molecule has 0 fully saturated rings. The van der Waals surface area contributed by atoms with E-state index in [2.05, 4.69) is 10.3 Å². The lowest BCUT2D eigenvalue weighted by atomic mass is 10.1. The summed E-state index contributed by atoms with van der Waals surface area (Å²) in [6, 6.07) is 3.04. The number of benzene rings is 1. The molecule has 2 aromatic rings. The zero-order chi connectivity index (χ0) is 16.7. The zero-order valence-electron chi connectivity index (χ0n) is 13.3. The van der Waals surface area contributed by atoms with Gasteiger partial charge in [0.1, 0.15) is 18.1 Å². The van der Waals surface area contributed by atoms with Crippen LogP contribution in [0.1, 0.15) is 39.9 Å². The van der Waals surface area contributed by atoms with Gasteiger partial charge in [0.05, 0.1) is 26.0 Å². The first-order chi connectivity index (χ1) is 11.7. The Labute approximate surface area is 138 Å². The SMILES string of the molecule is COc1cc2c(cc1F)CCC2NC(=O)c1cnc2n1CCOC2. The van der Waals surface area contributed by atoms with Gasteiger partial charge in [-0.1, -0.05) is 0 Å². The van der Waals surface area contributed by atoms with Crippen LogP contribution >= 0.6 is 0 Å². The Kier molecular flexibility index (Phi) is 3.72. The van der Waals surface area contributed by atoms with Crippen LogP contribution in [0.2, 0.25) is 0 Å². The molecular weight excluding hydrogens is 313 g/mol. The molecular formula is C17H18FN3O3. The third-order valence-electron chi connectivity index (χ3n) is 4.66. The van der Waals surface area contributed by atoms with Gasteiger partial charge in [-0.05, 0) is 36.1 Å². The molecule has 0 radical (unpaired) electrons. The summed E-state index contributed by atoms with van der Waals surface area (Å²) in [5.74, 6) is 0.431. The van der Waals surface area contributed by atoms with Crippen LogP contribution < -0.4 is 10.1 Å². The van der Waals surface area contributed by atoms with Crippen LogP contribution in [0.25, 0.3) is 0 Å². The highest BCUT2D eigenvalue weighted by Gasteiger charge is 2.28. The molecule has 1 aromatic carbocycles. The number of rotatable bonds is 3. The maximum Gasteiger partial charge on any atom is 0.270 e. The van der Waals surface area contributed by atoms with Gasteiger partial charge in [0.2, 0.25) is 0 Å². The minimum absolute atomic E-state index is 0.145. The topological polar surface area (TPSA) is 65.4 Å². The molecule has 1 atom stereocenters. The number of imidazole rings is 1. The van der Waals surface area contributed by atoms with Crippen molar-refractivity contribution in [1.82, 2.24) is 14.9 Å². The number of aromatic nitrogens is 2. The summed E-state index contributed by atoms with van der Waals surface area (Å²) < 4.78 is 26.1. The second-order valence-corrected chi connectivity index (χ2v) is 6.01. The Bertz CT molecular complexity index is 803. The smallest absolute Gasteiger partial charge is 0.270 e. The van der Waals surface area contributed by atoms with Crippen LogP contribution in [0, 0.1) is 5.82 Å². The minimum atomic E-state index is -0.368. The van der Waals surface area contributed by atoms with Crippen LogP contribution in [-0.4, -0.2) is 29.2 Å². The number of fused-ring (bicyclic) bond motifs is 2. The monoisotopic (exact) mass is 331 g/mol. The van der Waals surface area contributed by atoms with Gasteiger partial charge in [-0.2, -0.15) is 0 Å². The molecule has 1 aliphatic heterocycles. The van der Waals surface area contributed by atoms with Crippen LogP contribution in [-0.2, 0) is 24.3 Å². The second-order valence-electron chi connectivity index (χ2n) is 6.01. The van der Waals surface area contributed by atoms with Crippen molar-refractivity contribution < 1.29 is 18.7 Å². The van der Waals surface area contributed by atoms with Gasteiger partial charge in [0, 0.05) is 6.54 Å².